The van der Waals surface area contributed by atoms with Gasteiger partial charge < -0.3 is 13.9 Å². The molecule has 3 atom stereocenters. The molecule has 0 amide bonds. The van der Waals surface area contributed by atoms with Crippen LogP contribution in [-0.4, -0.2) is 27.6 Å². The van der Waals surface area contributed by atoms with Gasteiger partial charge in [0.15, 0.2) is 8.32 Å². The number of hydrogen-bond acceptors (Lipinski definition) is 3. The first-order chi connectivity index (χ1) is 17.6. The SMILES string of the molecule is C=C(C)[C@@H]([C@H](C)COCc1ccccc1)[C@@H](CCO[Si](C(C)C)(C(C)C)C(C)C)OCc1ccccc1. The Morgan fingerprint density at radius 2 is 1.24 bits per heavy atom. The minimum absolute atomic E-state index is 0.0196. The molecule has 0 saturated heterocycles. The second-order valence-corrected chi connectivity index (χ2v) is 17.1. The molecule has 0 aliphatic rings. The Hall–Kier alpha value is -1.72. The summed E-state index contributed by atoms with van der Waals surface area (Å²) in [5, 5.41) is 0. The molecule has 206 valence electrons. The van der Waals surface area contributed by atoms with E-state index in [0.717, 1.165) is 18.6 Å². The van der Waals surface area contributed by atoms with Crippen LogP contribution >= 0.6 is 0 Å². The monoisotopic (exact) mass is 524 g/mol. The number of hydrogen-bond donors (Lipinski definition) is 0. The first-order valence-corrected chi connectivity index (χ1v) is 16.3. The van der Waals surface area contributed by atoms with Crippen molar-refractivity contribution < 1.29 is 13.9 Å². The molecule has 0 aromatic heterocycles. The van der Waals surface area contributed by atoms with E-state index >= 15 is 0 Å². The van der Waals surface area contributed by atoms with Crippen molar-refractivity contribution in [1.82, 2.24) is 0 Å². The van der Waals surface area contributed by atoms with Crippen LogP contribution in [0.2, 0.25) is 16.6 Å². The van der Waals surface area contributed by atoms with E-state index in [0.29, 0.717) is 36.4 Å². The first kappa shape index (κ1) is 31.5. The molecule has 37 heavy (non-hydrogen) atoms. The Bertz CT molecular complexity index is 873. The van der Waals surface area contributed by atoms with Gasteiger partial charge >= 0.3 is 0 Å². The fourth-order valence-corrected chi connectivity index (χ4v) is 11.7. The summed E-state index contributed by atoms with van der Waals surface area (Å²) >= 11 is 0. The summed E-state index contributed by atoms with van der Waals surface area (Å²) in [6.07, 6.45) is 0.875. The topological polar surface area (TPSA) is 27.7 Å². The van der Waals surface area contributed by atoms with Crippen molar-refractivity contribution >= 4 is 8.32 Å². The van der Waals surface area contributed by atoms with E-state index in [2.05, 4.69) is 110 Å². The molecule has 0 heterocycles. The Morgan fingerprint density at radius 1 is 0.757 bits per heavy atom. The fourth-order valence-electron chi connectivity index (χ4n) is 6.21. The van der Waals surface area contributed by atoms with E-state index in [4.69, 9.17) is 13.9 Å². The summed E-state index contributed by atoms with van der Waals surface area (Å²) in [6, 6.07) is 20.8. The second kappa shape index (κ2) is 15.6. The maximum atomic E-state index is 6.94. The maximum Gasteiger partial charge on any atom is 0.200 e. The zero-order valence-electron chi connectivity index (χ0n) is 24.7. The first-order valence-electron chi connectivity index (χ1n) is 14.2. The van der Waals surface area contributed by atoms with E-state index in [9.17, 15) is 0 Å². The van der Waals surface area contributed by atoms with Crippen molar-refractivity contribution in [2.24, 2.45) is 11.8 Å². The highest BCUT2D eigenvalue weighted by atomic mass is 28.4. The lowest BCUT2D eigenvalue weighted by Crippen LogP contribution is -2.48. The van der Waals surface area contributed by atoms with Gasteiger partial charge in [-0.05, 0) is 47.0 Å². The molecular weight excluding hydrogens is 472 g/mol. The zero-order chi connectivity index (χ0) is 27.4. The van der Waals surface area contributed by atoms with Crippen LogP contribution in [0.1, 0.15) is 72.9 Å². The molecule has 0 fully saturated rings. The van der Waals surface area contributed by atoms with Crippen LogP contribution in [0.3, 0.4) is 0 Å². The largest absolute Gasteiger partial charge is 0.416 e. The normalized spacial score (nSPS) is 14.8. The van der Waals surface area contributed by atoms with E-state index in [1.807, 2.05) is 12.1 Å². The van der Waals surface area contributed by atoms with Crippen LogP contribution in [0.25, 0.3) is 0 Å². The van der Waals surface area contributed by atoms with Crippen LogP contribution < -0.4 is 0 Å². The van der Waals surface area contributed by atoms with Crippen LogP contribution in [0.15, 0.2) is 72.8 Å². The van der Waals surface area contributed by atoms with Crippen molar-refractivity contribution in [2.45, 2.75) is 97.8 Å². The van der Waals surface area contributed by atoms with Crippen LogP contribution in [-0.2, 0) is 27.1 Å². The van der Waals surface area contributed by atoms with Crippen LogP contribution in [0.4, 0.5) is 0 Å². The third-order valence-corrected chi connectivity index (χ3v) is 14.0. The number of ether oxygens (including phenoxy) is 2. The van der Waals surface area contributed by atoms with E-state index in [1.165, 1.54) is 11.1 Å². The molecule has 3 nitrogen and oxygen atoms in total. The molecule has 0 unspecified atom stereocenters. The Kier molecular flexibility index (Phi) is 13.3. The molecule has 0 aliphatic heterocycles. The zero-order valence-corrected chi connectivity index (χ0v) is 25.7. The summed E-state index contributed by atoms with van der Waals surface area (Å²) in [5.74, 6) is 0.473. The molecule has 2 rings (SSSR count). The second-order valence-electron chi connectivity index (χ2n) is 11.6. The summed E-state index contributed by atoms with van der Waals surface area (Å²) in [4.78, 5) is 0. The molecular formula is C33H52O3Si. The van der Waals surface area contributed by atoms with Crippen LogP contribution in [0.5, 0.6) is 0 Å². The molecule has 0 saturated carbocycles. The van der Waals surface area contributed by atoms with Crippen molar-refractivity contribution in [3.05, 3.63) is 83.9 Å². The van der Waals surface area contributed by atoms with E-state index in [1.54, 1.807) is 0 Å². The molecule has 4 heteroatoms. The highest BCUT2D eigenvalue weighted by molar-refractivity contribution is 6.77. The Morgan fingerprint density at radius 3 is 1.70 bits per heavy atom. The molecule has 0 aliphatic carbocycles. The lowest BCUT2D eigenvalue weighted by atomic mass is 9.83. The van der Waals surface area contributed by atoms with Crippen molar-refractivity contribution in [1.29, 1.82) is 0 Å². The van der Waals surface area contributed by atoms with Gasteiger partial charge in [0.1, 0.15) is 0 Å². The molecule has 0 spiro atoms. The van der Waals surface area contributed by atoms with Gasteiger partial charge in [-0.2, -0.15) is 0 Å². The van der Waals surface area contributed by atoms with Gasteiger partial charge in [-0.1, -0.05) is 121 Å². The number of rotatable bonds is 17. The minimum atomic E-state index is -1.93. The summed E-state index contributed by atoms with van der Waals surface area (Å²) in [6.45, 7) is 25.5. The minimum Gasteiger partial charge on any atom is -0.416 e. The van der Waals surface area contributed by atoms with Gasteiger partial charge in [0, 0.05) is 12.5 Å². The summed E-state index contributed by atoms with van der Waals surface area (Å²) in [7, 11) is -1.93. The quantitative estimate of drug-likeness (QED) is 0.152. The number of benzene rings is 2. The Labute approximate surface area is 228 Å². The van der Waals surface area contributed by atoms with Crippen molar-refractivity contribution in [3.8, 4) is 0 Å². The van der Waals surface area contributed by atoms with Crippen molar-refractivity contribution in [2.75, 3.05) is 13.2 Å². The van der Waals surface area contributed by atoms with Gasteiger partial charge in [-0.3, -0.25) is 0 Å². The smallest absolute Gasteiger partial charge is 0.200 e. The van der Waals surface area contributed by atoms with E-state index in [-0.39, 0.29) is 17.9 Å². The van der Waals surface area contributed by atoms with Gasteiger partial charge in [-0.15, -0.1) is 0 Å². The standard InChI is InChI=1S/C33H52O3Si/c1-25(2)33(29(9)22-34-23-30-16-12-10-13-17-30)32(35-24-31-18-14-11-15-19-31)20-21-36-37(26(3)4,27(5)6)28(7)8/h10-19,26-29,32-33H,1,20-24H2,2-9H3/t29-,32-,33+/m1/s1. The van der Waals surface area contributed by atoms with Crippen LogP contribution in [0, 0.1) is 11.8 Å². The molecule has 0 radical (unpaired) electrons. The predicted molar refractivity (Wildman–Crippen MR) is 160 cm³/mol. The Balaban J connectivity index is 2.15. The lowest BCUT2D eigenvalue weighted by molar-refractivity contribution is -0.0315. The van der Waals surface area contributed by atoms with Gasteiger partial charge in [0.05, 0.1) is 25.9 Å². The summed E-state index contributed by atoms with van der Waals surface area (Å²) in [5.41, 5.74) is 5.24. The molecule has 2 aromatic rings. The fraction of sp³-hybridized carbons (Fsp3) is 0.576. The third kappa shape index (κ3) is 9.21. The van der Waals surface area contributed by atoms with Gasteiger partial charge in [0.2, 0.25) is 0 Å². The molecule has 2 aromatic carbocycles. The average molecular weight is 525 g/mol. The average Bonchev–Trinajstić information content (AvgIpc) is 2.85. The maximum absolute atomic E-state index is 6.94. The molecule has 0 N–H and O–H groups in total. The lowest BCUT2D eigenvalue weighted by Gasteiger charge is -2.43. The summed E-state index contributed by atoms with van der Waals surface area (Å²) < 4.78 is 19.8. The van der Waals surface area contributed by atoms with E-state index < -0.39 is 8.32 Å². The highest BCUT2D eigenvalue weighted by Crippen LogP contribution is 2.42. The van der Waals surface area contributed by atoms with Crippen molar-refractivity contribution in [3.63, 3.8) is 0 Å². The predicted octanol–water partition coefficient (Wildman–Crippen LogP) is 9.20. The van der Waals surface area contributed by atoms with Gasteiger partial charge in [-0.25, -0.2) is 0 Å². The third-order valence-electron chi connectivity index (χ3n) is 7.84. The molecule has 0 bridgehead atoms. The van der Waals surface area contributed by atoms with Gasteiger partial charge in [0.25, 0.3) is 0 Å². The highest BCUT2D eigenvalue weighted by Gasteiger charge is 2.45.